The Hall–Kier alpha value is -0.850. The monoisotopic (exact) mass is 260 g/mol. The number of hydrogen-bond acceptors (Lipinski definition) is 3. The summed E-state index contributed by atoms with van der Waals surface area (Å²) in [6.07, 6.45) is 1.57. The van der Waals surface area contributed by atoms with E-state index in [1.54, 1.807) is 17.8 Å². The molecule has 0 aliphatic carbocycles. The summed E-state index contributed by atoms with van der Waals surface area (Å²) in [5.74, 6) is 0. The van der Waals surface area contributed by atoms with Gasteiger partial charge in [-0.05, 0) is 26.8 Å². The molecule has 0 saturated carbocycles. The largest absolute Gasteiger partial charge is 0.390 e. The highest BCUT2D eigenvalue weighted by atomic mass is 32.2. The van der Waals surface area contributed by atoms with Crippen molar-refractivity contribution >= 4 is 10.0 Å². The lowest BCUT2D eigenvalue weighted by atomic mass is 10.4. The molecule has 0 spiro atoms. The molecular weight excluding hydrogens is 240 g/mol. The minimum Gasteiger partial charge on any atom is -0.390 e. The van der Waals surface area contributed by atoms with Crippen LogP contribution in [-0.2, 0) is 23.2 Å². The predicted molar refractivity (Wildman–Crippen MR) is 66.1 cm³/mol. The Morgan fingerprint density at radius 2 is 2.06 bits per heavy atom. The molecule has 0 aromatic carbocycles. The fraction of sp³-hybridized carbons (Fsp3) is 0.636. The van der Waals surface area contributed by atoms with Crippen molar-refractivity contribution in [2.24, 2.45) is 0 Å². The zero-order valence-corrected chi connectivity index (χ0v) is 11.5. The molecule has 6 heteroatoms. The number of nitrogens with zero attached hydrogens (tertiary/aromatic N) is 2. The van der Waals surface area contributed by atoms with E-state index in [1.807, 2.05) is 20.8 Å². The summed E-state index contributed by atoms with van der Waals surface area (Å²) in [6.45, 7) is 6.02. The molecule has 5 nitrogen and oxygen atoms in total. The van der Waals surface area contributed by atoms with E-state index < -0.39 is 10.0 Å². The van der Waals surface area contributed by atoms with E-state index in [9.17, 15) is 8.42 Å². The standard InChI is InChI=1S/C11H20N2O3S/c1-5-13-7-11(6-10(13)8-14)17(15,16)12(4)9(2)3/h6-7,9,14H,5,8H2,1-4H3. The SMILES string of the molecule is CCn1cc(S(=O)(=O)N(C)C(C)C)cc1CO. The highest BCUT2D eigenvalue weighted by molar-refractivity contribution is 7.89. The molecule has 0 aliphatic rings. The number of sulfonamides is 1. The van der Waals surface area contributed by atoms with E-state index in [0.29, 0.717) is 12.2 Å². The van der Waals surface area contributed by atoms with E-state index in [4.69, 9.17) is 5.11 Å². The van der Waals surface area contributed by atoms with Crippen molar-refractivity contribution in [3.63, 3.8) is 0 Å². The van der Waals surface area contributed by atoms with Gasteiger partial charge < -0.3 is 9.67 Å². The topological polar surface area (TPSA) is 62.5 Å². The minimum atomic E-state index is -3.46. The first-order valence-electron chi connectivity index (χ1n) is 5.62. The molecule has 0 amide bonds. The summed E-state index contributed by atoms with van der Waals surface area (Å²) >= 11 is 0. The maximum absolute atomic E-state index is 12.2. The van der Waals surface area contributed by atoms with Crippen LogP contribution in [0.25, 0.3) is 0 Å². The summed E-state index contributed by atoms with van der Waals surface area (Å²) < 4.78 is 27.5. The number of hydrogen-bond donors (Lipinski definition) is 1. The van der Waals surface area contributed by atoms with Gasteiger partial charge in [0.15, 0.2) is 0 Å². The summed E-state index contributed by atoms with van der Waals surface area (Å²) in [4.78, 5) is 0.236. The van der Waals surface area contributed by atoms with Crippen LogP contribution in [0.5, 0.6) is 0 Å². The molecule has 17 heavy (non-hydrogen) atoms. The molecule has 1 rings (SSSR count). The van der Waals surface area contributed by atoms with E-state index in [1.165, 1.54) is 10.4 Å². The van der Waals surface area contributed by atoms with Crippen molar-refractivity contribution in [1.29, 1.82) is 0 Å². The summed E-state index contributed by atoms with van der Waals surface area (Å²) in [7, 11) is -1.90. The second-order valence-electron chi connectivity index (χ2n) is 4.23. The lowest BCUT2D eigenvalue weighted by Crippen LogP contribution is -2.32. The zero-order chi connectivity index (χ0) is 13.2. The molecule has 1 aromatic heterocycles. The van der Waals surface area contributed by atoms with Crippen LogP contribution in [0.15, 0.2) is 17.2 Å². The van der Waals surface area contributed by atoms with Crippen LogP contribution in [0, 0.1) is 0 Å². The lowest BCUT2D eigenvalue weighted by Gasteiger charge is -2.19. The molecule has 0 aliphatic heterocycles. The Morgan fingerprint density at radius 1 is 1.47 bits per heavy atom. The maximum atomic E-state index is 12.2. The smallest absolute Gasteiger partial charge is 0.244 e. The number of aliphatic hydroxyl groups is 1. The van der Waals surface area contributed by atoms with Crippen molar-refractivity contribution in [2.45, 2.75) is 44.9 Å². The fourth-order valence-corrected chi connectivity index (χ4v) is 2.97. The van der Waals surface area contributed by atoms with Crippen LogP contribution in [0.1, 0.15) is 26.5 Å². The van der Waals surface area contributed by atoms with Crippen molar-refractivity contribution in [3.8, 4) is 0 Å². The maximum Gasteiger partial charge on any atom is 0.244 e. The normalized spacial score (nSPS) is 12.6. The van der Waals surface area contributed by atoms with Gasteiger partial charge in [0, 0.05) is 31.5 Å². The predicted octanol–water partition coefficient (Wildman–Crippen LogP) is 1.03. The van der Waals surface area contributed by atoms with Crippen LogP contribution in [0.4, 0.5) is 0 Å². The first kappa shape index (κ1) is 14.2. The van der Waals surface area contributed by atoms with E-state index in [-0.39, 0.29) is 17.5 Å². The quantitative estimate of drug-likeness (QED) is 0.860. The fourth-order valence-electron chi connectivity index (χ4n) is 1.54. The van der Waals surface area contributed by atoms with Gasteiger partial charge in [-0.3, -0.25) is 0 Å². The highest BCUT2D eigenvalue weighted by Crippen LogP contribution is 2.19. The lowest BCUT2D eigenvalue weighted by molar-refractivity contribution is 0.271. The Bertz CT molecular complexity index is 455. The van der Waals surface area contributed by atoms with Gasteiger partial charge >= 0.3 is 0 Å². The van der Waals surface area contributed by atoms with E-state index in [2.05, 4.69) is 0 Å². The van der Waals surface area contributed by atoms with Gasteiger partial charge in [0.05, 0.1) is 6.61 Å². The van der Waals surface area contributed by atoms with Crippen molar-refractivity contribution in [1.82, 2.24) is 8.87 Å². The van der Waals surface area contributed by atoms with E-state index >= 15 is 0 Å². The third-order valence-electron chi connectivity index (χ3n) is 2.87. The first-order chi connectivity index (χ1) is 7.84. The number of rotatable bonds is 5. The Labute approximate surface area is 103 Å². The van der Waals surface area contributed by atoms with E-state index in [0.717, 1.165) is 0 Å². The van der Waals surface area contributed by atoms with Crippen LogP contribution < -0.4 is 0 Å². The van der Waals surface area contributed by atoms with Crippen LogP contribution in [0.3, 0.4) is 0 Å². The molecule has 1 N–H and O–H groups in total. The van der Waals surface area contributed by atoms with Gasteiger partial charge in [0.1, 0.15) is 4.90 Å². The van der Waals surface area contributed by atoms with Gasteiger partial charge in [-0.1, -0.05) is 0 Å². The van der Waals surface area contributed by atoms with Gasteiger partial charge in [-0.15, -0.1) is 0 Å². The van der Waals surface area contributed by atoms with Gasteiger partial charge in [0.2, 0.25) is 10.0 Å². The first-order valence-corrected chi connectivity index (χ1v) is 7.06. The minimum absolute atomic E-state index is 0.0949. The second kappa shape index (κ2) is 5.20. The summed E-state index contributed by atoms with van der Waals surface area (Å²) in [6, 6.07) is 1.43. The average Bonchev–Trinajstić information content (AvgIpc) is 2.71. The van der Waals surface area contributed by atoms with Crippen LogP contribution >= 0.6 is 0 Å². The number of aryl methyl sites for hydroxylation is 1. The zero-order valence-electron chi connectivity index (χ0n) is 10.7. The van der Waals surface area contributed by atoms with Crippen molar-refractivity contribution in [3.05, 3.63) is 18.0 Å². The second-order valence-corrected chi connectivity index (χ2v) is 6.22. The molecule has 0 atom stereocenters. The average molecular weight is 260 g/mol. The molecule has 98 valence electrons. The van der Waals surface area contributed by atoms with Crippen molar-refractivity contribution in [2.75, 3.05) is 7.05 Å². The Balaban J connectivity index is 3.20. The molecule has 0 fully saturated rings. The number of aliphatic hydroxyl groups excluding tert-OH is 1. The molecule has 0 saturated heterocycles. The molecule has 0 radical (unpaired) electrons. The molecule has 0 bridgehead atoms. The molecule has 0 unspecified atom stereocenters. The Morgan fingerprint density at radius 3 is 2.41 bits per heavy atom. The van der Waals surface area contributed by atoms with Crippen LogP contribution in [-0.4, -0.2) is 35.5 Å². The molecule has 1 heterocycles. The van der Waals surface area contributed by atoms with Crippen LogP contribution in [0.2, 0.25) is 0 Å². The summed E-state index contributed by atoms with van der Waals surface area (Å²) in [5, 5.41) is 9.15. The highest BCUT2D eigenvalue weighted by Gasteiger charge is 2.25. The van der Waals surface area contributed by atoms with Gasteiger partial charge in [-0.25, -0.2) is 8.42 Å². The third kappa shape index (κ3) is 2.70. The molecular formula is C11H20N2O3S. The van der Waals surface area contributed by atoms with Gasteiger partial charge in [-0.2, -0.15) is 4.31 Å². The third-order valence-corrected chi connectivity index (χ3v) is 4.87. The van der Waals surface area contributed by atoms with Gasteiger partial charge in [0.25, 0.3) is 0 Å². The molecule has 1 aromatic rings. The number of aromatic nitrogens is 1. The summed E-state index contributed by atoms with van der Waals surface area (Å²) in [5.41, 5.74) is 0.614. The Kier molecular flexibility index (Phi) is 4.35. The van der Waals surface area contributed by atoms with Crippen molar-refractivity contribution < 1.29 is 13.5 Å².